The summed E-state index contributed by atoms with van der Waals surface area (Å²) in [5.74, 6) is -1.01. The van der Waals surface area contributed by atoms with E-state index in [-0.39, 0.29) is 12.3 Å². The van der Waals surface area contributed by atoms with Crippen LogP contribution in [-0.4, -0.2) is 29.5 Å². The van der Waals surface area contributed by atoms with Gasteiger partial charge in [0.1, 0.15) is 12.4 Å². The summed E-state index contributed by atoms with van der Waals surface area (Å²) < 4.78 is 5.66. The highest BCUT2D eigenvalue weighted by atomic mass is 16.6. The molecule has 9 nitrogen and oxygen atoms in total. The summed E-state index contributed by atoms with van der Waals surface area (Å²) in [5, 5.41) is 16.9. The molecule has 0 radical (unpaired) electrons. The van der Waals surface area contributed by atoms with Gasteiger partial charge in [0.25, 0.3) is 5.69 Å². The zero-order valence-corrected chi connectivity index (χ0v) is 15.3. The van der Waals surface area contributed by atoms with Gasteiger partial charge in [0.15, 0.2) is 0 Å². The Bertz CT molecular complexity index is 865. The van der Waals surface area contributed by atoms with Crippen molar-refractivity contribution in [2.24, 2.45) is 5.10 Å². The largest absolute Gasteiger partial charge is 0.489 e. The third-order valence-electron chi connectivity index (χ3n) is 3.53. The molecule has 0 atom stereocenters. The number of non-ortho nitro benzene ring substituents is 1. The lowest BCUT2D eigenvalue weighted by atomic mass is 10.2. The normalized spacial score (nSPS) is 10.5. The zero-order chi connectivity index (χ0) is 20.4. The second kappa shape index (κ2) is 10.4. The number of hydrogen-bond acceptors (Lipinski definition) is 6. The van der Waals surface area contributed by atoms with Crippen molar-refractivity contribution < 1.29 is 19.2 Å². The van der Waals surface area contributed by atoms with E-state index in [0.717, 1.165) is 12.0 Å². The van der Waals surface area contributed by atoms with E-state index >= 15 is 0 Å². The molecule has 2 amide bonds. The van der Waals surface area contributed by atoms with Crippen LogP contribution in [0.15, 0.2) is 53.6 Å². The van der Waals surface area contributed by atoms with Gasteiger partial charge in [0.05, 0.1) is 11.1 Å². The highest BCUT2D eigenvalue weighted by Crippen LogP contribution is 2.16. The molecule has 0 saturated heterocycles. The first-order valence-corrected chi connectivity index (χ1v) is 8.57. The Morgan fingerprint density at radius 2 is 1.93 bits per heavy atom. The van der Waals surface area contributed by atoms with Gasteiger partial charge >= 0.3 is 11.8 Å². The summed E-state index contributed by atoms with van der Waals surface area (Å²) in [5.41, 5.74) is 3.62. The first-order valence-electron chi connectivity index (χ1n) is 8.57. The number of carbonyl (C=O) groups is 2. The maximum absolute atomic E-state index is 11.5. The van der Waals surface area contributed by atoms with E-state index in [1.165, 1.54) is 18.3 Å². The van der Waals surface area contributed by atoms with Crippen LogP contribution in [0.25, 0.3) is 0 Å². The van der Waals surface area contributed by atoms with Gasteiger partial charge in [-0.2, -0.15) is 5.10 Å². The van der Waals surface area contributed by atoms with Crippen LogP contribution in [0.2, 0.25) is 0 Å². The lowest BCUT2D eigenvalue weighted by molar-refractivity contribution is -0.384. The molecule has 0 spiro atoms. The molecule has 0 bridgehead atoms. The van der Waals surface area contributed by atoms with Crippen molar-refractivity contribution in [3.8, 4) is 5.75 Å². The van der Waals surface area contributed by atoms with Crippen LogP contribution >= 0.6 is 0 Å². The van der Waals surface area contributed by atoms with Gasteiger partial charge < -0.3 is 10.1 Å². The Balaban J connectivity index is 1.88. The van der Waals surface area contributed by atoms with E-state index in [4.69, 9.17) is 4.74 Å². The van der Waals surface area contributed by atoms with Gasteiger partial charge in [-0.05, 0) is 41.8 Å². The maximum Gasteiger partial charge on any atom is 0.329 e. The lowest BCUT2D eigenvalue weighted by Crippen LogP contribution is -2.38. The van der Waals surface area contributed by atoms with Crippen LogP contribution in [-0.2, 0) is 16.2 Å². The van der Waals surface area contributed by atoms with Crippen LogP contribution in [0, 0.1) is 10.1 Å². The molecule has 0 heterocycles. The molecular formula is C19H20N4O5. The Morgan fingerprint density at radius 3 is 2.61 bits per heavy atom. The van der Waals surface area contributed by atoms with Crippen molar-refractivity contribution in [1.82, 2.24) is 10.7 Å². The lowest BCUT2D eigenvalue weighted by Gasteiger charge is -2.07. The third kappa shape index (κ3) is 6.52. The quantitative estimate of drug-likeness (QED) is 0.312. The van der Waals surface area contributed by atoms with E-state index in [0.29, 0.717) is 17.9 Å². The van der Waals surface area contributed by atoms with E-state index in [1.807, 2.05) is 6.92 Å². The molecule has 28 heavy (non-hydrogen) atoms. The molecule has 0 saturated carbocycles. The highest BCUT2D eigenvalue weighted by molar-refractivity contribution is 6.35. The summed E-state index contributed by atoms with van der Waals surface area (Å²) in [7, 11) is 0. The predicted octanol–water partition coefficient (Wildman–Crippen LogP) is 2.15. The molecule has 9 heteroatoms. The number of nitrogens with zero attached hydrogens (tertiary/aromatic N) is 2. The summed E-state index contributed by atoms with van der Waals surface area (Å²) in [6.07, 6.45) is 2.12. The summed E-state index contributed by atoms with van der Waals surface area (Å²) in [6, 6.07) is 13.1. The molecule has 0 aliphatic heterocycles. The molecule has 0 unspecified atom stereocenters. The maximum atomic E-state index is 11.5. The number of rotatable bonds is 8. The van der Waals surface area contributed by atoms with Crippen molar-refractivity contribution in [2.45, 2.75) is 20.0 Å². The minimum atomic E-state index is -0.838. The standard InChI is InChI=1S/C19H20N4O5/c1-2-10-20-18(24)19(25)22-21-12-15-4-3-5-17(11-15)28-13-14-6-8-16(9-7-14)23(26)27/h3-9,11-12H,2,10,13H2,1H3,(H,20,24)(H,22,25)/b21-12-. The molecule has 0 fully saturated rings. The van der Waals surface area contributed by atoms with Crippen molar-refractivity contribution in [3.05, 3.63) is 69.8 Å². The molecule has 2 aromatic carbocycles. The van der Waals surface area contributed by atoms with Gasteiger partial charge in [-0.15, -0.1) is 0 Å². The Labute approximate surface area is 161 Å². The van der Waals surface area contributed by atoms with E-state index in [9.17, 15) is 19.7 Å². The van der Waals surface area contributed by atoms with Crippen molar-refractivity contribution in [3.63, 3.8) is 0 Å². The number of nitro groups is 1. The van der Waals surface area contributed by atoms with Gasteiger partial charge in [-0.25, -0.2) is 5.43 Å². The summed E-state index contributed by atoms with van der Waals surface area (Å²) >= 11 is 0. The zero-order valence-electron chi connectivity index (χ0n) is 15.3. The Morgan fingerprint density at radius 1 is 1.18 bits per heavy atom. The number of carbonyl (C=O) groups excluding carboxylic acids is 2. The highest BCUT2D eigenvalue weighted by Gasteiger charge is 2.10. The number of hydrazone groups is 1. The van der Waals surface area contributed by atoms with Crippen LogP contribution in [0.3, 0.4) is 0 Å². The van der Waals surface area contributed by atoms with Crippen LogP contribution < -0.4 is 15.5 Å². The molecule has 2 N–H and O–H groups in total. The number of hydrogen-bond donors (Lipinski definition) is 2. The molecule has 0 aliphatic carbocycles. The SMILES string of the molecule is CCCNC(=O)C(=O)N/N=C\c1cccc(OCc2ccc([N+](=O)[O-])cc2)c1. The Hall–Kier alpha value is -3.75. The average Bonchev–Trinajstić information content (AvgIpc) is 2.71. The number of benzene rings is 2. The number of nitro benzene ring substituents is 1. The number of nitrogens with one attached hydrogen (secondary N) is 2. The van der Waals surface area contributed by atoms with Crippen LogP contribution in [0.4, 0.5) is 5.69 Å². The predicted molar refractivity (Wildman–Crippen MR) is 103 cm³/mol. The Kier molecular flexibility index (Phi) is 7.64. The first-order chi connectivity index (χ1) is 13.5. The fraction of sp³-hybridized carbons (Fsp3) is 0.211. The smallest absolute Gasteiger partial charge is 0.329 e. The minimum absolute atomic E-state index is 0.0207. The third-order valence-corrected chi connectivity index (χ3v) is 3.53. The molecular weight excluding hydrogens is 364 g/mol. The number of ether oxygens (including phenoxy) is 1. The van der Waals surface area contributed by atoms with E-state index in [1.54, 1.807) is 36.4 Å². The monoisotopic (exact) mass is 384 g/mol. The summed E-state index contributed by atoms with van der Waals surface area (Å²) in [4.78, 5) is 33.1. The molecule has 146 valence electrons. The molecule has 2 aromatic rings. The molecule has 2 rings (SSSR count). The first kappa shape index (κ1) is 20.6. The van der Waals surface area contributed by atoms with Crippen molar-refractivity contribution in [2.75, 3.05) is 6.54 Å². The van der Waals surface area contributed by atoms with Gasteiger partial charge in [-0.1, -0.05) is 19.1 Å². The van der Waals surface area contributed by atoms with E-state index < -0.39 is 16.7 Å². The van der Waals surface area contributed by atoms with Gasteiger partial charge in [0, 0.05) is 18.7 Å². The van der Waals surface area contributed by atoms with Crippen LogP contribution in [0.1, 0.15) is 24.5 Å². The summed E-state index contributed by atoms with van der Waals surface area (Å²) in [6.45, 7) is 2.55. The van der Waals surface area contributed by atoms with Crippen molar-refractivity contribution >= 4 is 23.7 Å². The van der Waals surface area contributed by atoms with Gasteiger partial charge in [-0.3, -0.25) is 19.7 Å². The topological polar surface area (TPSA) is 123 Å². The van der Waals surface area contributed by atoms with Gasteiger partial charge in [0.2, 0.25) is 0 Å². The molecule has 0 aromatic heterocycles. The fourth-order valence-electron chi connectivity index (χ4n) is 2.10. The second-order valence-corrected chi connectivity index (χ2v) is 5.74. The van der Waals surface area contributed by atoms with Crippen LogP contribution in [0.5, 0.6) is 5.75 Å². The van der Waals surface area contributed by atoms with E-state index in [2.05, 4.69) is 15.8 Å². The average molecular weight is 384 g/mol. The fourth-order valence-corrected chi connectivity index (χ4v) is 2.10. The minimum Gasteiger partial charge on any atom is -0.489 e. The second-order valence-electron chi connectivity index (χ2n) is 5.74. The number of amides is 2. The molecule has 0 aliphatic rings. The van der Waals surface area contributed by atoms with Crippen molar-refractivity contribution in [1.29, 1.82) is 0 Å².